The average Bonchev–Trinajstić information content (AvgIpc) is 3.38. The smallest absolute Gasteiger partial charge is 0.320 e. The lowest BCUT2D eigenvalue weighted by Gasteiger charge is -2.33. The van der Waals surface area contributed by atoms with E-state index in [1.165, 1.54) is 0 Å². The van der Waals surface area contributed by atoms with Gasteiger partial charge in [-0.3, -0.25) is 24.9 Å². The quantitative estimate of drug-likeness (QED) is 0.242. The Morgan fingerprint density at radius 3 is 2.75 bits per heavy atom. The van der Waals surface area contributed by atoms with E-state index in [0.717, 1.165) is 81.3 Å². The number of esters is 1. The number of aromatic nitrogens is 1. The summed E-state index contributed by atoms with van der Waals surface area (Å²) in [6.45, 7) is 11.6. The van der Waals surface area contributed by atoms with Crippen LogP contribution in [0.5, 0.6) is 0 Å². The van der Waals surface area contributed by atoms with Gasteiger partial charge in [-0.05, 0) is 31.2 Å². The molecule has 1 fully saturated rings. The molecule has 0 atom stereocenters. The summed E-state index contributed by atoms with van der Waals surface area (Å²) in [5, 5.41) is 2.99. The number of carbonyl (C=O) groups excluding carboxylic acids is 1. The molecule has 3 heterocycles. The number of anilines is 1. The molecule has 0 bridgehead atoms. The third kappa shape index (κ3) is 5.24. The SMILES string of the molecule is C=C1N=c2ccc(Br)cc2=C1c1[nH]c2ccccc2c1NOCCN1CCN(CC(=O)OCC)CC1. The van der Waals surface area contributed by atoms with Crippen LogP contribution in [0, 0.1) is 0 Å². The predicted molar refractivity (Wildman–Crippen MR) is 144 cm³/mol. The molecule has 0 saturated carbocycles. The molecule has 1 aromatic heterocycles. The molecule has 2 aliphatic heterocycles. The van der Waals surface area contributed by atoms with Crippen molar-refractivity contribution in [2.24, 2.45) is 4.99 Å². The van der Waals surface area contributed by atoms with Gasteiger partial charge < -0.3 is 9.72 Å². The first kappa shape index (κ1) is 24.7. The third-order valence-electron chi connectivity index (χ3n) is 6.53. The van der Waals surface area contributed by atoms with Crippen molar-refractivity contribution in [3.63, 3.8) is 0 Å². The van der Waals surface area contributed by atoms with E-state index in [-0.39, 0.29) is 5.97 Å². The minimum atomic E-state index is -0.154. The van der Waals surface area contributed by atoms with E-state index in [0.29, 0.717) is 19.8 Å². The normalized spacial score (nSPS) is 16.3. The number of benzene rings is 2. The lowest BCUT2D eigenvalue weighted by atomic mass is 10.1. The number of fused-ring (bicyclic) bond motifs is 2. The van der Waals surface area contributed by atoms with Crippen molar-refractivity contribution in [2.45, 2.75) is 6.92 Å². The minimum Gasteiger partial charge on any atom is -0.465 e. The Bertz CT molecular complexity index is 1410. The molecule has 0 radical (unpaired) electrons. The topological polar surface area (TPSA) is 82.2 Å². The van der Waals surface area contributed by atoms with E-state index < -0.39 is 0 Å². The van der Waals surface area contributed by atoms with Crippen LogP contribution in [0.15, 0.2) is 64.2 Å². The molecular weight excluding hydrogens is 522 g/mol. The fraction of sp³-hybridized carbons (Fsp3) is 0.333. The first-order valence-corrected chi connectivity index (χ1v) is 13.0. The van der Waals surface area contributed by atoms with Crippen LogP contribution in [-0.2, 0) is 14.4 Å². The molecule has 1 saturated heterocycles. The van der Waals surface area contributed by atoms with E-state index in [1.54, 1.807) is 0 Å². The summed E-state index contributed by atoms with van der Waals surface area (Å²) in [5.41, 5.74) is 7.71. The van der Waals surface area contributed by atoms with E-state index in [9.17, 15) is 4.79 Å². The third-order valence-corrected chi connectivity index (χ3v) is 7.03. The molecular formula is C27H30BrN5O3. The molecule has 188 valence electrons. The highest BCUT2D eigenvalue weighted by Gasteiger charge is 2.22. The Morgan fingerprint density at radius 1 is 1.17 bits per heavy atom. The maximum Gasteiger partial charge on any atom is 0.320 e. The Kier molecular flexibility index (Phi) is 7.52. The van der Waals surface area contributed by atoms with Crippen molar-refractivity contribution < 1.29 is 14.4 Å². The molecule has 3 aromatic rings. The van der Waals surface area contributed by atoms with Crippen molar-refractivity contribution in [1.82, 2.24) is 14.8 Å². The number of para-hydroxylation sites is 1. The van der Waals surface area contributed by atoms with Gasteiger partial charge in [0.15, 0.2) is 0 Å². The number of hydrogen-bond donors (Lipinski definition) is 2. The molecule has 5 rings (SSSR count). The van der Waals surface area contributed by atoms with Crippen LogP contribution in [-0.4, -0.2) is 73.2 Å². The van der Waals surface area contributed by atoms with Crippen molar-refractivity contribution in [1.29, 1.82) is 0 Å². The molecule has 8 nitrogen and oxygen atoms in total. The van der Waals surface area contributed by atoms with Crippen LogP contribution < -0.4 is 16.1 Å². The summed E-state index contributed by atoms with van der Waals surface area (Å²) in [5.74, 6) is -0.154. The number of H-pyrrole nitrogens is 1. The Hall–Kier alpha value is -2.98. The summed E-state index contributed by atoms with van der Waals surface area (Å²) in [6, 6.07) is 14.2. The second-order valence-corrected chi connectivity index (χ2v) is 9.80. The number of nitrogens with zero attached hydrogens (tertiary/aromatic N) is 3. The second-order valence-electron chi connectivity index (χ2n) is 8.89. The zero-order valence-electron chi connectivity index (χ0n) is 20.3. The van der Waals surface area contributed by atoms with Crippen molar-refractivity contribution in [3.8, 4) is 0 Å². The Labute approximate surface area is 218 Å². The second kappa shape index (κ2) is 11.0. The van der Waals surface area contributed by atoms with Gasteiger partial charge in [-0.1, -0.05) is 40.7 Å². The van der Waals surface area contributed by atoms with Gasteiger partial charge in [0.25, 0.3) is 0 Å². The maximum atomic E-state index is 11.7. The number of rotatable bonds is 9. The predicted octanol–water partition coefficient (Wildman–Crippen LogP) is 2.80. The number of carbonyl (C=O) groups is 1. The summed E-state index contributed by atoms with van der Waals surface area (Å²) in [6.07, 6.45) is 0. The lowest BCUT2D eigenvalue weighted by molar-refractivity contribution is -0.144. The zero-order chi connectivity index (χ0) is 25.1. The summed E-state index contributed by atoms with van der Waals surface area (Å²) in [7, 11) is 0. The van der Waals surface area contributed by atoms with Crippen LogP contribution in [0.2, 0.25) is 0 Å². The van der Waals surface area contributed by atoms with Crippen molar-refractivity contribution >= 4 is 44.1 Å². The van der Waals surface area contributed by atoms with Crippen LogP contribution >= 0.6 is 15.9 Å². The number of hydrogen-bond acceptors (Lipinski definition) is 7. The summed E-state index contributed by atoms with van der Waals surface area (Å²) < 4.78 is 6.05. The molecule has 0 spiro atoms. The average molecular weight is 552 g/mol. The monoisotopic (exact) mass is 551 g/mol. The van der Waals surface area contributed by atoms with Gasteiger partial charge in [-0.2, -0.15) is 0 Å². The fourth-order valence-electron chi connectivity index (χ4n) is 4.74. The maximum absolute atomic E-state index is 11.7. The zero-order valence-corrected chi connectivity index (χ0v) is 21.9. The van der Waals surface area contributed by atoms with Gasteiger partial charge in [0.2, 0.25) is 0 Å². The molecule has 36 heavy (non-hydrogen) atoms. The molecule has 0 aliphatic carbocycles. The van der Waals surface area contributed by atoms with Gasteiger partial charge in [0.05, 0.1) is 42.2 Å². The van der Waals surface area contributed by atoms with Crippen LogP contribution in [0.25, 0.3) is 16.5 Å². The van der Waals surface area contributed by atoms with E-state index in [2.05, 4.69) is 66.0 Å². The molecule has 2 aliphatic rings. The fourth-order valence-corrected chi connectivity index (χ4v) is 5.10. The number of piperazine rings is 1. The molecule has 0 unspecified atom stereocenters. The van der Waals surface area contributed by atoms with Crippen LogP contribution in [0.3, 0.4) is 0 Å². The number of aromatic amines is 1. The first-order valence-electron chi connectivity index (χ1n) is 12.2. The standard InChI is InChI=1S/C27H30BrN5O3/c1-3-35-24(34)17-33-12-10-32(11-13-33)14-15-36-31-26-20-6-4-5-7-22(20)30-27(26)25-18(2)29-23-9-8-19(28)16-21(23)25/h4-9,16,30-31H,2-3,10-15,17H2,1H3. The van der Waals surface area contributed by atoms with Gasteiger partial charge in [-0.15, -0.1) is 0 Å². The minimum absolute atomic E-state index is 0.154. The van der Waals surface area contributed by atoms with Gasteiger partial charge >= 0.3 is 5.97 Å². The molecule has 2 N–H and O–H groups in total. The number of ether oxygens (including phenoxy) is 1. The molecule has 9 heteroatoms. The van der Waals surface area contributed by atoms with E-state index >= 15 is 0 Å². The summed E-state index contributed by atoms with van der Waals surface area (Å²) in [4.78, 5) is 30.4. The molecule has 0 amide bonds. The van der Waals surface area contributed by atoms with Gasteiger partial charge in [0.1, 0.15) is 0 Å². The Morgan fingerprint density at radius 2 is 1.94 bits per heavy atom. The van der Waals surface area contributed by atoms with E-state index in [4.69, 9.17) is 9.57 Å². The lowest BCUT2D eigenvalue weighted by Crippen LogP contribution is -2.48. The molecule has 2 aromatic carbocycles. The van der Waals surface area contributed by atoms with Gasteiger partial charge in [0, 0.05) is 58.9 Å². The van der Waals surface area contributed by atoms with Gasteiger partial charge in [-0.25, -0.2) is 4.99 Å². The van der Waals surface area contributed by atoms with Crippen LogP contribution in [0.4, 0.5) is 5.69 Å². The van der Waals surface area contributed by atoms with E-state index in [1.807, 2.05) is 31.2 Å². The summed E-state index contributed by atoms with van der Waals surface area (Å²) >= 11 is 3.58. The highest BCUT2D eigenvalue weighted by molar-refractivity contribution is 9.10. The van der Waals surface area contributed by atoms with Crippen molar-refractivity contribution in [2.75, 3.05) is 58.0 Å². The number of nitrogens with one attached hydrogen (secondary N) is 2. The highest BCUT2D eigenvalue weighted by Crippen LogP contribution is 2.34. The Balaban J connectivity index is 1.26. The van der Waals surface area contributed by atoms with Crippen LogP contribution in [0.1, 0.15) is 12.6 Å². The van der Waals surface area contributed by atoms with Crippen molar-refractivity contribution in [3.05, 3.63) is 75.5 Å². The highest BCUT2D eigenvalue weighted by atomic mass is 79.9. The number of allylic oxidation sites excluding steroid dienone is 1. The first-order chi connectivity index (χ1) is 17.5. The largest absolute Gasteiger partial charge is 0.465 e. The number of halogens is 1.